The third-order valence-electron chi connectivity index (χ3n) is 4.71. The van der Waals surface area contributed by atoms with Crippen molar-refractivity contribution in [1.82, 2.24) is 4.98 Å². The first-order valence-corrected chi connectivity index (χ1v) is 9.98. The summed E-state index contributed by atoms with van der Waals surface area (Å²) in [4.78, 5) is 8.47. The number of benzene rings is 2. The predicted octanol–water partition coefficient (Wildman–Crippen LogP) is 5.94. The van der Waals surface area contributed by atoms with Crippen molar-refractivity contribution in [3.63, 3.8) is 0 Å². The van der Waals surface area contributed by atoms with Crippen molar-refractivity contribution >= 4 is 34.5 Å². The first-order valence-electron chi connectivity index (χ1n) is 9.60. The van der Waals surface area contributed by atoms with Crippen molar-refractivity contribution in [3.05, 3.63) is 71.9 Å². The Balaban J connectivity index is 1.73. The summed E-state index contributed by atoms with van der Waals surface area (Å²) in [5.74, 6) is 0.252. The van der Waals surface area contributed by atoms with Gasteiger partial charge in [-0.05, 0) is 42.5 Å². The smallest absolute Gasteiger partial charge is 0.406 e. The Morgan fingerprint density at radius 3 is 2.23 bits per heavy atom. The normalized spacial score (nSPS) is 14.4. The number of hydrogen-bond acceptors (Lipinski definition) is 5. The molecule has 0 bridgehead atoms. The number of anilines is 4. The van der Waals surface area contributed by atoms with Gasteiger partial charge in [0.15, 0.2) is 0 Å². The molecule has 0 aliphatic carbocycles. The molecule has 0 unspecified atom stereocenters. The molecule has 5 nitrogen and oxygen atoms in total. The second-order valence-corrected chi connectivity index (χ2v) is 7.21. The average Bonchev–Trinajstić information content (AvgIpc) is 2.75. The maximum atomic E-state index is 12.5. The van der Waals surface area contributed by atoms with Gasteiger partial charge < -0.3 is 14.4 Å². The standard InChI is InChI=1S/C22H19ClF3N3O2/c23-20-14-18(28-10-12-30-13-11-28)15-21(27-20)29(16-4-2-1-3-5-16)17-6-8-19(9-7-17)31-22(24,25)26/h1-9,14-15H,10-13H2. The highest BCUT2D eigenvalue weighted by atomic mass is 35.5. The van der Waals surface area contributed by atoms with E-state index in [4.69, 9.17) is 16.3 Å². The van der Waals surface area contributed by atoms with Gasteiger partial charge in [-0.25, -0.2) is 4.98 Å². The minimum atomic E-state index is -4.75. The van der Waals surface area contributed by atoms with Gasteiger partial charge >= 0.3 is 6.36 Å². The quantitative estimate of drug-likeness (QED) is 0.451. The van der Waals surface area contributed by atoms with Gasteiger partial charge in [0.1, 0.15) is 16.7 Å². The van der Waals surface area contributed by atoms with E-state index in [1.165, 1.54) is 12.1 Å². The fourth-order valence-electron chi connectivity index (χ4n) is 3.38. The highest BCUT2D eigenvalue weighted by Crippen LogP contribution is 2.37. The predicted molar refractivity (Wildman–Crippen MR) is 114 cm³/mol. The van der Waals surface area contributed by atoms with Gasteiger partial charge in [0, 0.05) is 36.2 Å². The second kappa shape index (κ2) is 9.03. The molecule has 0 radical (unpaired) electrons. The minimum absolute atomic E-state index is 0.294. The van der Waals surface area contributed by atoms with Crippen molar-refractivity contribution < 1.29 is 22.6 Å². The number of halogens is 4. The third kappa shape index (κ3) is 5.39. The van der Waals surface area contributed by atoms with Gasteiger partial charge in [0.05, 0.1) is 13.2 Å². The molecule has 0 atom stereocenters. The van der Waals surface area contributed by atoms with E-state index in [-0.39, 0.29) is 5.75 Å². The lowest BCUT2D eigenvalue weighted by atomic mass is 10.2. The molecule has 1 fully saturated rings. The topological polar surface area (TPSA) is 37.8 Å². The van der Waals surface area contributed by atoms with E-state index >= 15 is 0 Å². The van der Waals surface area contributed by atoms with Crippen LogP contribution in [0, 0.1) is 0 Å². The van der Waals surface area contributed by atoms with E-state index in [9.17, 15) is 13.2 Å². The number of nitrogens with zero attached hydrogens (tertiary/aromatic N) is 3. The summed E-state index contributed by atoms with van der Waals surface area (Å²) < 4.78 is 47.0. The Bertz CT molecular complexity index is 1010. The third-order valence-corrected chi connectivity index (χ3v) is 4.91. The molecule has 1 aliphatic rings. The summed E-state index contributed by atoms with van der Waals surface area (Å²) in [6, 6.07) is 18.7. The monoisotopic (exact) mass is 449 g/mol. The summed E-state index contributed by atoms with van der Waals surface area (Å²) in [6.07, 6.45) is -4.75. The zero-order valence-electron chi connectivity index (χ0n) is 16.3. The number of aromatic nitrogens is 1. The van der Waals surface area contributed by atoms with Crippen LogP contribution >= 0.6 is 11.6 Å². The molecule has 0 spiro atoms. The van der Waals surface area contributed by atoms with Crippen molar-refractivity contribution in [1.29, 1.82) is 0 Å². The van der Waals surface area contributed by atoms with E-state index in [1.54, 1.807) is 18.2 Å². The molecule has 1 saturated heterocycles. The Kier molecular flexibility index (Phi) is 6.20. The molecule has 2 heterocycles. The van der Waals surface area contributed by atoms with E-state index in [2.05, 4.69) is 14.6 Å². The first-order chi connectivity index (χ1) is 14.9. The van der Waals surface area contributed by atoms with E-state index in [0.29, 0.717) is 29.9 Å². The minimum Gasteiger partial charge on any atom is -0.406 e. The molecular formula is C22H19ClF3N3O2. The molecule has 31 heavy (non-hydrogen) atoms. The lowest BCUT2D eigenvalue weighted by Gasteiger charge is -2.30. The number of ether oxygens (including phenoxy) is 2. The number of para-hydroxylation sites is 1. The van der Waals surface area contributed by atoms with Crippen molar-refractivity contribution in [2.75, 3.05) is 36.1 Å². The van der Waals surface area contributed by atoms with Gasteiger partial charge in [-0.1, -0.05) is 29.8 Å². The van der Waals surface area contributed by atoms with Crippen LogP contribution in [0.5, 0.6) is 5.75 Å². The molecule has 0 N–H and O–H groups in total. The van der Waals surface area contributed by atoms with Gasteiger partial charge in [0.2, 0.25) is 0 Å². The second-order valence-electron chi connectivity index (χ2n) is 6.82. The van der Waals surface area contributed by atoms with Gasteiger partial charge in [-0.3, -0.25) is 4.90 Å². The maximum absolute atomic E-state index is 12.5. The van der Waals surface area contributed by atoms with Crippen LogP contribution in [-0.2, 0) is 4.74 Å². The van der Waals surface area contributed by atoms with Crippen LogP contribution in [0.1, 0.15) is 0 Å². The van der Waals surface area contributed by atoms with Crippen molar-refractivity contribution in [3.8, 4) is 5.75 Å². The van der Waals surface area contributed by atoms with E-state index < -0.39 is 6.36 Å². The largest absolute Gasteiger partial charge is 0.573 e. The number of pyridine rings is 1. The van der Waals surface area contributed by atoms with Crippen LogP contribution in [0.25, 0.3) is 0 Å². The summed E-state index contributed by atoms with van der Waals surface area (Å²) >= 11 is 6.35. The van der Waals surface area contributed by atoms with Gasteiger partial charge in [0.25, 0.3) is 0 Å². The lowest BCUT2D eigenvalue weighted by Crippen LogP contribution is -2.36. The molecule has 4 rings (SSSR count). The summed E-state index contributed by atoms with van der Waals surface area (Å²) in [5, 5.41) is 0.317. The Labute approximate surface area is 182 Å². The van der Waals surface area contributed by atoms with E-state index in [0.717, 1.165) is 24.5 Å². The van der Waals surface area contributed by atoms with Crippen LogP contribution in [0.3, 0.4) is 0 Å². The fraction of sp³-hybridized carbons (Fsp3) is 0.227. The number of morpholine rings is 1. The fourth-order valence-corrected chi connectivity index (χ4v) is 3.57. The van der Waals surface area contributed by atoms with Crippen LogP contribution in [0.2, 0.25) is 5.15 Å². The molecule has 0 amide bonds. The molecule has 3 aromatic rings. The highest BCUT2D eigenvalue weighted by molar-refractivity contribution is 6.29. The molecule has 9 heteroatoms. The summed E-state index contributed by atoms with van der Waals surface area (Å²) in [5.41, 5.74) is 2.30. The highest BCUT2D eigenvalue weighted by Gasteiger charge is 2.31. The van der Waals surface area contributed by atoms with Crippen LogP contribution in [0.15, 0.2) is 66.7 Å². The lowest BCUT2D eigenvalue weighted by molar-refractivity contribution is -0.274. The zero-order valence-corrected chi connectivity index (χ0v) is 17.1. The van der Waals surface area contributed by atoms with Crippen LogP contribution < -0.4 is 14.5 Å². The Morgan fingerprint density at radius 1 is 0.935 bits per heavy atom. The van der Waals surface area contributed by atoms with Crippen LogP contribution in [0.4, 0.5) is 36.1 Å². The Morgan fingerprint density at radius 2 is 1.58 bits per heavy atom. The summed E-state index contributed by atoms with van der Waals surface area (Å²) in [7, 11) is 0. The van der Waals surface area contributed by atoms with Crippen LogP contribution in [-0.4, -0.2) is 37.6 Å². The molecule has 2 aromatic carbocycles. The van der Waals surface area contributed by atoms with Crippen molar-refractivity contribution in [2.45, 2.75) is 6.36 Å². The zero-order chi connectivity index (χ0) is 21.8. The maximum Gasteiger partial charge on any atom is 0.573 e. The van der Waals surface area contributed by atoms with Gasteiger partial charge in [-0.15, -0.1) is 13.2 Å². The number of hydrogen-bond donors (Lipinski definition) is 0. The number of alkyl halides is 3. The molecule has 162 valence electrons. The molecule has 1 aromatic heterocycles. The molecule has 1 aliphatic heterocycles. The average molecular weight is 450 g/mol. The molecular weight excluding hydrogens is 431 g/mol. The SMILES string of the molecule is FC(F)(F)Oc1ccc(N(c2ccccc2)c2cc(N3CCOCC3)cc(Cl)n2)cc1. The number of rotatable bonds is 5. The summed E-state index contributed by atoms with van der Waals surface area (Å²) in [6.45, 7) is 2.71. The molecule has 0 saturated carbocycles. The van der Waals surface area contributed by atoms with Gasteiger partial charge in [-0.2, -0.15) is 0 Å². The Hall–Kier alpha value is -2.97. The first kappa shape index (κ1) is 21.3. The van der Waals surface area contributed by atoms with E-state index in [1.807, 2.05) is 41.3 Å². The van der Waals surface area contributed by atoms with Crippen molar-refractivity contribution in [2.24, 2.45) is 0 Å².